The van der Waals surface area contributed by atoms with E-state index < -0.39 is 29.3 Å². The fourth-order valence-electron chi connectivity index (χ4n) is 5.23. The quantitative estimate of drug-likeness (QED) is 0.462. The maximum atomic E-state index is 14.8. The Balaban J connectivity index is 1.57. The number of nitrogens with one attached hydrogen (secondary N) is 1. The van der Waals surface area contributed by atoms with Crippen LogP contribution in [0.1, 0.15) is 62.0 Å². The molecule has 3 aromatic rings. The molecule has 1 fully saturated rings. The summed E-state index contributed by atoms with van der Waals surface area (Å²) in [6.45, 7) is 9.29. The Morgan fingerprint density at radius 2 is 1.94 bits per heavy atom. The Kier molecular flexibility index (Phi) is 6.14. The molecule has 6 nitrogen and oxygen atoms in total. The fraction of sp³-hybridized carbons (Fsp3) is 0.444. The van der Waals surface area contributed by atoms with Gasteiger partial charge in [0.2, 0.25) is 5.91 Å². The molecule has 0 aliphatic carbocycles. The highest BCUT2D eigenvalue weighted by atomic mass is 19.3. The summed E-state index contributed by atoms with van der Waals surface area (Å²) in [5, 5.41) is 13.3. The number of ether oxygens (including phenoxy) is 1. The van der Waals surface area contributed by atoms with Gasteiger partial charge in [-0.3, -0.25) is 4.79 Å². The standard InChI is InChI=1S/C27H29F3N4O2/c1-14(17-6-5-7-18(23(17)28)24(29)30)31-25-20-11-22-21(10-19(20)15(2)32-33-25)27(3,4)26(35)34(22)12-16-8-9-36-13-16/h5-7,10-11,14,16,24H,8-9,12-13H2,1-4H3,(H,31,33)/t14-,16-/m1/s1. The predicted molar refractivity (Wildman–Crippen MR) is 132 cm³/mol. The molecule has 0 saturated carbocycles. The van der Waals surface area contributed by atoms with Crippen LogP contribution in [0.4, 0.5) is 24.7 Å². The number of aromatic nitrogens is 2. The minimum absolute atomic E-state index is 0.0343. The second kappa shape index (κ2) is 9.03. The number of halogens is 3. The molecule has 3 heterocycles. The molecule has 5 rings (SSSR count). The van der Waals surface area contributed by atoms with Crippen LogP contribution >= 0.6 is 0 Å². The zero-order chi connectivity index (χ0) is 25.8. The molecule has 1 amide bonds. The van der Waals surface area contributed by atoms with Gasteiger partial charge >= 0.3 is 0 Å². The third-order valence-electron chi connectivity index (χ3n) is 7.40. The average molecular weight is 499 g/mol. The van der Waals surface area contributed by atoms with Crippen molar-refractivity contribution >= 4 is 28.2 Å². The highest BCUT2D eigenvalue weighted by molar-refractivity contribution is 6.11. The van der Waals surface area contributed by atoms with Gasteiger partial charge in [-0.25, -0.2) is 13.2 Å². The molecule has 0 spiro atoms. The molecule has 2 aliphatic rings. The largest absolute Gasteiger partial charge is 0.381 e. The van der Waals surface area contributed by atoms with E-state index in [1.807, 2.05) is 37.8 Å². The van der Waals surface area contributed by atoms with Gasteiger partial charge in [0.1, 0.15) is 5.82 Å². The molecule has 1 N–H and O–H groups in total. The lowest BCUT2D eigenvalue weighted by Gasteiger charge is -2.23. The van der Waals surface area contributed by atoms with Crippen molar-refractivity contribution in [2.75, 3.05) is 30.0 Å². The molecule has 0 bridgehead atoms. The van der Waals surface area contributed by atoms with Gasteiger partial charge in [0, 0.05) is 41.1 Å². The Morgan fingerprint density at radius 1 is 1.19 bits per heavy atom. The van der Waals surface area contributed by atoms with Crippen LogP contribution in [0.3, 0.4) is 0 Å². The van der Waals surface area contributed by atoms with Crippen LogP contribution in [0.2, 0.25) is 0 Å². The van der Waals surface area contributed by atoms with Crippen molar-refractivity contribution in [2.24, 2.45) is 5.92 Å². The minimum atomic E-state index is -2.91. The number of anilines is 2. The molecular weight excluding hydrogens is 469 g/mol. The number of rotatable bonds is 6. The molecule has 0 radical (unpaired) electrons. The van der Waals surface area contributed by atoms with Gasteiger partial charge in [0.15, 0.2) is 5.82 Å². The summed E-state index contributed by atoms with van der Waals surface area (Å²) in [7, 11) is 0. The SMILES string of the molecule is Cc1nnc(N[C@H](C)c2cccc(C(F)F)c2F)c2cc3c(cc12)C(C)(C)C(=O)N3C[C@H]1CCOC1. The van der Waals surface area contributed by atoms with E-state index >= 15 is 0 Å². The van der Waals surface area contributed by atoms with Gasteiger partial charge in [0.05, 0.1) is 29.3 Å². The summed E-state index contributed by atoms with van der Waals surface area (Å²) in [5.41, 5.74) is 1.22. The van der Waals surface area contributed by atoms with Crippen molar-refractivity contribution in [3.63, 3.8) is 0 Å². The summed E-state index contributed by atoms with van der Waals surface area (Å²) in [5.74, 6) is -0.234. The predicted octanol–water partition coefficient (Wildman–Crippen LogP) is 5.85. The van der Waals surface area contributed by atoms with Crippen molar-refractivity contribution in [1.82, 2.24) is 10.2 Å². The van der Waals surface area contributed by atoms with Gasteiger partial charge in [-0.15, -0.1) is 5.10 Å². The lowest BCUT2D eigenvalue weighted by Crippen LogP contribution is -2.39. The second-order valence-electron chi connectivity index (χ2n) is 10.2. The van der Waals surface area contributed by atoms with E-state index in [4.69, 9.17) is 4.74 Å². The van der Waals surface area contributed by atoms with Gasteiger partial charge < -0.3 is 15.0 Å². The van der Waals surface area contributed by atoms with E-state index in [1.54, 1.807) is 6.92 Å². The number of carbonyl (C=O) groups is 1. The third-order valence-corrected chi connectivity index (χ3v) is 7.40. The molecule has 2 atom stereocenters. The molecule has 2 aliphatic heterocycles. The second-order valence-corrected chi connectivity index (χ2v) is 10.2. The van der Waals surface area contributed by atoms with Gasteiger partial charge in [-0.2, -0.15) is 5.10 Å². The first-order valence-electron chi connectivity index (χ1n) is 12.1. The highest BCUT2D eigenvalue weighted by Crippen LogP contribution is 2.45. The number of carbonyl (C=O) groups excluding carboxylic acids is 1. The topological polar surface area (TPSA) is 67.4 Å². The van der Waals surface area contributed by atoms with Gasteiger partial charge in [-0.05, 0) is 51.8 Å². The summed E-state index contributed by atoms with van der Waals surface area (Å²) in [6.07, 6.45) is -2.00. The van der Waals surface area contributed by atoms with Crippen molar-refractivity contribution < 1.29 is 22.7 Å². The highest BCUT2D eigenvalue weighted by Gasteiger charge is 2.45. The number of amides is 1. The van der Waals surface area contributed by atoms with Crippen molar-refractivity contribution in [3.05, 3.63) is 58.5 Å². The van der Waals surface area contributed by atoms with Crippen LogP contribution in [-0.4, -0.2) is 35.9 Å². The minimum Gasteiger partial charge on any atom is -0.381 e. The number of fused-ring (bicyclic) bond motifs is 2. The van der Waals surface area contributed by atoms with E-state index in [2.05, 4.69) is 15.5 Å². The first kappa shape index (κ1) is 24.5. The van der Waals surface area contributed by atoms with Crippen LogP contribution < -0.4 is 10.2 Å². The van der Waals surface area contributed by atoms with Crippen LogP contribution in [0.5, 0.6) is 0 Å². The molecule has 9 heteroatoms. The number of hydrogen-bond acceptors (Lipinski definition) is 5. The van der Waals surface area contributed by atoms with Crippen LogP contribution in [-0.2, 0) is 14.9 Å². The molecule has 0 unspecified atom stereocenters. The number of nitrogens with zero attached hydrogens (tertiary/aromatic N) is 3. The molecule has 190 valence electrons. The van der Waals surface area contributed by atoms with Crippen molar-refractivity contribution in [3.8, 4) is 0 Å². The third kappa shape index (κ3) is 3.99. The zero-order valence-electron chi connectivity index (χ0n) is 20.7. The fourth-order valence-corrected chi connectivity index (χ4v) is 5.23. The smallest absolute Gasteiger partial charge is 0.266 e. The summed E-state index contributed by atoms with van der Waals surface area (Å²) in [6, 6.07) is 7.27. The van der Waals surface area contributed by atoms with Crippen molar-refractivity contribution in [2.45, 2.75) is 52.0 Å². The first-order valence-corrected chi connectivity index (χ1v) is 12.1. The van der Waals surface area contributed by atoms with Gasteiger partial charge in [0.25, 0.3) is 6.43 Å². The maximum absolute atomic E-state index is 14.8. The van der Waals surface area contributed by atoms with E-state index in [-0.39, 0.29) is 17.4 Å². The lowest BCUT2D eigenvalue weighted by atomic mass is 9.85. The molecule has 36 heavy (non-hydrogen) atoms. The van der Waals surface area contributed by atoms with Gasteiger partial charge in [-0.1, -0.05) is 18.2 Å². The first-order chi connectivity index (χ1) is 17.1. The van der Waals surface area contributed by atoms with E-state index in [9.17, 15) is 18.0 Å². The van der Waals surface area contributed by atoms with Crippen LogP contribution in [0.25, 0.3) is 10.8 Å². The van der Waals surface area contributed by atoms with E-state index in [1.165, 1.54) is 12.1 Å². The molecule has 1 saturated heterocycles. The monoisotopic (exact) mass is 498 g/mol. The van der Waals surface area contributed by atoms with Crippen LogP contribution in [0, 0.1) is 18.7 Å². The Hall–Kier alpha value is -3.20. The number of aryl methyl sites for hydroxylation is 1. The number of hydrogen-bond donors (Lipinski definition) is 1. The van der Waals surface area contributed by atoms with Crippen LogP contribution in [0.15, 0.2) is 30.3 Å². The summed E-state index contributed by atoms with van der Waals surface area (Å²) >= 11 is 0. The number of alkyl halides is 2. The zero-order valence-corrected chi connectivity index (χ0v) is 20.7. The maximum Gasteiger partial charge on any atom is 0.266 e. The summed E-state index contributed by atoms with van der Waals surface area (Å²) in [4.78, 5) is 15.3. The molecular formula is C27H29F3N4O2. The average Bonchev–Trinajstić information content (AvgIpc) is 3.41. The normalized spacial score (nSPS) is 19.8. The van der Waals surface area contributed by atoms with E-state index in [0.29, 0.717) is 31.3 Å². The summed E-state index contributed by atoms with van der Waals surface area (Å²) < 4.78 is 46.8. The number of benzene rings is 2. The Bertz CT molecular complexity index is 1340. The molecule has 2 aromatic carbocycles. The van der Waals surface area contributed by atoms with E-state index in [0.717, 1.165) is 34.5 Å². The lowest BCUT2D eigenvalue weighted by molar-refractivity contribution is -0.122. The Morgan fingerprint density at radius 3 is 2.64 bits per heavy atom. The molecule has 1 aromatic heterocycles. The Labute approximate surface area is 207 Å². The van der Waals surface area contributed by atoms with Crippen molar-refractivity contribution in [1.29, 1.82) is 0 Å².